The number of rotatable bonds is 6. The standard InChI is InChI=1S/C22H22BrClF2N2O4/c1-5-14(28-21(31)32-22(2,3)4)20(30)27-15-10-9-11(23)18(24)17(15)19(29)16-12(25)7-6-8-13(16)26/h6-10,14H,5H2,1-4H3,(H,27,30)(H,28,31)/t14-/m0/s1. The molecule has 0 fully saturated rings. The van der Waals surface area contributed by atoms with Crippen LogP contribution >= 0.6 is 27.5 Å². The van der Waals surface area contributed by atoms with Crippen LogP contribution in [-0.2, 0) is 9.53 Å². The Morgan fingerprint density at radius 3 is 2.22 bits per heavy atom. The third-order valence-corrected chi connectivity index (χ3v) is 5.47. The number of carbonyl (C=O) groups is 3. The van der Waals surface area contributed by atoms with Crippen LogP contribution in [0.1, 0.15) is 50.0 Å². The van der Waals surface area contributed by atoms with Crippen LogP contribution in [0.15, 0.2) is 34.8 Å². The largest absolute Gasteiger partial charge is 0.444 e. The Labute approximate surface area is 197 Å². The van der Waals surface area contributed by atoms with Crippen molar-refractivity contribution in [2.45, 2.75) is 45.8 Å². The number of hydrogen-bond acceptors (Lipinski definition) is 4. The van der Waals surface area contributed by atoms with Crippen molar-refractivity contribution in [3.8, 4) is 0 Å². The molecule has 0 radical (unpaired) electrons. The smallest absolute Gasteiger partial charge is 0.408 e. The van der Waals surface area contributed by atoms with Gasteiger partial charge in [0, 0.05) is 4.47 Å². The number of anilines is 1. The Kier molecular flexibility index (Phi) is 8.36. The number of alkyl carbamates (subject to hydrolysis) is 1. The molecule has 0 saturated carbocycles. The zero-order valence-electron chi connectivity index (χ0n) is 17.8. The van der Waals surface area contributed by atoms with E-state index in [-0.39, 0.29) is 27.2 Å². The van der Waals surface area contributed by atoms with Crippen LogP contribution < -0.4 is 10.6 Å². The van der Waals surface area contributed by atoms with E-state index in [2.05, 4.69) is 26.6 Å². The molecule has 2 amide bonds. The molecule has 10 heteroatoms. The van der Waals surface area contributed by atoms with Crippen LogP contribution in [0, 0.1) is 11.6 Å². The summed E-state index contributed by atoms with van der Waals surface area (Å²) in [5.41, 5.74) is -1.94. The number of amides is 2. The highest BCUT2D eigenvalue weighted by Crippen LogP contribution is 2.34. The molecule has 2 N–H and O–H groups in total. The van der Waals surface area contributed by atoms with Gasteiger partial charge in [-0.15, -0.1) is 0 Å². The van der Waals surface area contributed by atoms with Crippen LogP contribution in [0.3, 0.4) is 0 Å². The van der Waals surface area contributed by atoms with Crippen LogP contribution in [-0.4, -0.2) is 29.4 Å². The van der Waals surface area contributed by atoms with Crippen molar-refractivity contribution in [3.63, 3.8) is 0 Å². The molecular weight excluding hydrogens is 510 g/mol. The Morgan fingerprint density at radius 2 is 1.69 bits per heavy atom. The van der Waals surface area contributed by atoms with Crippen molar-refractivity contribution in [2.75, 3.05) is 5.32 Å². The molecule has 0 saturated heterocycles. The van der Waals surface area contributed by atoms with Crippen LogP contribution in [0.5, 0.6) is 0 Å². The van der Waals surface area contributed by atoms with E-state index in [4.69, 9.17) is 16.3 Å². The molecule has 0 spiro atoms. The lowest BCUT2D eigenvalue weighted by Gasteiger charge is -2.23. The highest BCUT2D eigenvalue weighted by molar-refractivity contribution is 9.10. The SMILES string of the molecule is CC[C@H](NC(=O)OC(C)(C)C)C(=O)Nc1ccc(Br)c(Cl)c1C(=O)c1c(F)cccc1F. The quantitative estimate of drug-likeness (QED) is 0.458. The van der Waals surface area contributed by atoms with Gasteiger partial charge in [0.1, 0.15) is 23.3 Å². The Hall–Kier alpha value is -2.52. The molecule has 2 aromatic rings. The topological polar surface area (TPSA) is 84.5 Å². The number of hydrogen-bond donors (Lipinski definition) is 2. The van der Waals surface area contributed by atoms with E-state index in [1.807, 2.05) is 0 Å². The van der Waals surface area contributed by atoms with E-state index in [9.17, 15) is 23.2 Å². The molecule has 0 aromatic heterocycles. The molecule has 0 aliphatic heterocycles. The summed E-state index contributed by atoms with van der Waals surface area (Å²) in [6.45, 7) is 6.70. The highest BCUT2D eigenvalue weighted by atomic mass is 79.9. The van der Waals surface area contributed by atoms with Gasteiger partial charge >= 0.3 is 6.09 Å². The van der Waals surface area contributed by atoms with Crippen molar-refractivity contribution in [3.05, 3.63) is 62.6 Å². The Bertz CT molecular complexity index is 1040. The van der Waals surface area contributed by atoms with Crippen LogP contribution in [0.2, 0.25) is 5.02 Å². The van der Waals surface area contributed by atoms with Gasteiger partial charge in [0.05, 0.1) is 21.8 Å². The third kappa shape index (κ3) is 6.26. The van der Waals surface area contributed by atoms with Crippen LogP contribution in [0.4, 0.5) is 19.3 Å². The predicted molar refractivity (Wildman–Crippen MR) is 121 cm³/mol. The zero-order valence-corrected chi connectivity index (χ0v) is 20.2. The van der Waals surface area contributed by atoms with Crippen molar-refractivity contribution in [1.82, 2.24) is 5.32 Å². The summed E-state index contributed by atoms with van der Waals surface area (Å²) < 4.78 is 33.9. The van der Waals surface area contributed by atoms with Crippen molar-refractivity contribution in [1.29, 1.82) is 0 Å². The summed E-state index contributed by atoms with van der Waals surface area (Å²) in [5, 5.41) is 4.82. The first-order chi connectivity index (χ1) is 14.9. The number of benzene rings is 2. The summed E-state index contributed by atoms with van der Waals surface area (Å²) in [6, 6.07) is 4.84. The lowest BCUT2D eigenvalue weighted by molar-refractivity contribution is -0.118. The Balaban J connectivity index is 2.38. The number of ketones is 1. The fraction of sp³-hybridized carbons (Fsp3) is 0.318. The molecule has 0 heterocycles. The van der Waals surface area contributed by atoms with E-state index in [0.717, 1.165) is 18.2 Å². The van der Waals surface area contributed by atoms with Gasteiger partial charge in [0.2, 0.25) is 11.7 Å². The average molecular weight is 532 g/mol. The minimum atomic E-state index is -1.07. The summed E-state index contributed by atoms with van der Waals surface area (Å²) in [6.07, 6.45) is -0.585. The summed E-state index contributed by atoms with van der Waals surface area (Å²) >= 11 is 9.42. The molecule has 2 aromatic carbocycles. The molecule has 0 aliphatic carbocycles. The maximum absolute atomic E-state index is 14.2. The van der Waals surface area contributed by atoms with Gasteiger partial charge in [-0.2, -0.15) is 0 Å². The second-order valence-electron chi connectivity index (χ2n) is 7.81. The van der Waals surface area contributed by atoms with Gasteiger partial charge in [0.25, 0.3) is 0 Å². The number of halogens is 4. The first-order valence-corrected chi connectivity index (χ1v) is 10.8. The van der Waals surface area contributed by atoms with E-state index in [1.165, 1.54) is 12.1 Å². The molecule has 0 bridgehead atoms. The molecular formula is C22H22BrClF2N2O4. The number of nitrogens with one attached hydrogen (secondary N) is 2. The first kappa shape index (κ1) is 25.7. The molecule has 6 nitrogen and oxygen atoms in total. The molecule has 172 valence electrons. The van der Waals surface area contributed by atoms with Crippen molar-refractivity contribution >= 4 is 51.0 Å². The summed E-state index contributed by atoms with van der Waals surface area (Å²) in [5.74, 6) is -3.85. The normalized spacial score (nSPS) is 12.1. The van der Waals surface area contributed by atoms with Gasteiger partial charge in [-0.05, 0) is 67.4 Å². The van der Waals surface area contributed by atoms with E-state index >= 15 is 0 Å². The minimum Gasteiger partial charge on any atom is -0.444 e. The first-order valence-electron chi connectivity index (χ1n) is 9.62. The maximum Gasteiger partial charge on any atom is 0.408 e. The van der Waals surface area contributed by atoms with Gasteiger partial charge in [-0.25, -0.2) is 13.6 Å². The van der Waals surface area contributed by atoms with Gasteiger partial charge < -0.3 is 15.4 Å². The van der Waals surface area contributed by atoms with Gasteiger partial charge in [-0.3, -0.25) is 9.59 Å². The summed E-state index contributed by atoms with van der Waals surface area (Å²) in [4.78, 5) is 37.8. The molecule has 0 unspecified atom stereocenters. The van der Waals surface area contributed by atoms with E-state index in [0.29, 0.717) is 0 Å². The van der Waals surface area contributed by atoms with E-state index in [1.54, 1.807) is 27.7 Å². The van der Waals surface area contributed by atoms with Crippen LogP contribution in [0.25, 0.3) is 0 Å². The van der Waals surface area contributed by atoms with E-state index < -0.39 is 46.6 Å². The van der Waals surface area contributed by atoms with Crippen molar-refractivity contribution < 1.29 is 27.9 Å². The summed E-state index contributed by atoms with van der Waals surface area (Å²) in [7, 11) is 0. The molecule has 32 heavy (non-hydrogen) atoms. The molecule has 1 atom stereocenters. The number of carbonyl (C=O) groups excluding carboxylic acids is 3. The number of ether oxygens (including phenoxy) is 1. The molecule has 0 aliphatic rings. The fourth-order valence-electron chi connectivity index (χ4n) is 2.74. The second kappa shape index (κ2) is 10.4. The molecule has 2 rings (SSSR count). The lowest BCUT2D eigenvalue weighted by atomic mass is 10.00. The average Bonchev–Trinajstić information content (AvgIpc) is 2.67. The maximum atomic E-state index is 14.2. The minimum absolute atomic E-state index is 0.0692. The lowest BCUT2D eigenvalue weighted by Crippen LogP contribution is -2.45. The van der Waals surface area contributed by atoms with Crippen molar-refractivity contribution in [2.24, 2.45) is 0 Å². The monoisotopic (exact) mass is 530 g/mol. The van der Waals surface area contributed by atoms with Gasteiger partial charge in [0.15, 0.2) is 0 Å². The highest BCUT2D eigenvalue weighted by Gasteiger charge is 2.28. The van der Waals surface area contributed by atoms with Gasteiger partial charge in [-0.1, -0.05) is 24.6 Å². The zero-order chi connectivity index (χ0) is 24.2. The predicted octanol–water partition coefficient (Wildman–Crippen LogP) is 5.85. The fourth-order valence-corrected chi connectivity index (χ4v) is 3.32. The second-order valence-corrected chi connectivity index (χ2v) is 9.04. The third-order valence-electron chi connectivity index (χ3n) is 4.19. The Morgan fingerprint density at radius 1 is 1.09 bits per heavy atom.